The summed E-state index contributed by atoms with van der Waals surface area (Å²) in [7, 11) is 0. The van der Waals surface area contributed by atoms with Crippen LogP contribution in [-0.2, 0) is 6.18 Å². The Kier molecular flexibility index (Phi) is 7.27. The first-order valence-corrected chi connectivity index (χ1v) is 11.9. The van der Waals surface area contributed by atoms with Gasteiger partial charge in [0, 0.05) is 24.0 Å². The van der Waals surface area contributed by atoms with Gasteiger partial charge in [0.05, 0.1) is 47.0 Å². The Bertz CT molecular complexity index is 1530. The van der Waals surface area contributed by atoms with Gasteiger partial charge in [0.25, 0.3) is 11.8 Å². The van der Waals surface area contributed by atoms with Crippen LogP contribution in [0.5, 0.6) is 0 Å². The zero-order chi connectivity index (χ0) is 28.5. The van der Waals surface area contributed by atoms with E-state index in [0.29, 0.717) is 23.6 Å². The van der Waals surface area contributed by atoms with Gasteiger partial charge in [-0.2, -0.15) is 13.2 Å². The van der Waals surface area contributed by atoms with Gasteiger partial charge in [0.2, 0.25) is 0 Å². The Balaban J connectivity index is 1.59. The van der Waals surface area contributed by atoms with Crippen LogP contribution in [0.3, 0.4) is 0 Å². The molecule has 0 saturated heterocycles. The van der Waals surface area contributed by atoms with Crippen molar-refractivity contribution in [2.45, 2.75) is 40.8 Å². The quantitative estimate of drug-likeness (QED) is 0.371. The van der Waals surface area contributed by atoms with Crippen LogP contribution in [0, 0.1) is 19.3 Å². The van der Waals surface area contributed by atoms with Crippen LogP contribution in [0.2, 0.25) is 0 Å². The lowest BCUT2D eigenvalue weighted by molar-refractivity contribution is -0.137. The van der Waals surface area contributed by atoms with Crippen molar-refractivity contribution in [3.05, 3.63) is 77.4 Å². The van der Waals surface area contributed by atoms with E-state index in [1.54, 1.807) is 26.1 Å². The van der Waals surface area contributed by atoms with Crippen molar-refractivity contribution in [3.63, 3.8) is 0 Å². The number of aromatic nitrogens is 6. The minimum atomic E-state index is -4.66. The van der Waals surface area contributed by atoms with Crippen molar-refractivity contribution in [2.75, 3.05) is 11.9 Å². The summed E-state index contributed by atoms with van der Waals surface area (Å²) in [5.74, 6) is -1.16. The molecule has 0 fully saturated rings. The molecule has 0 aliphatic rings. The van der Waals surface area contributed by atoms with Gasteiger partial charge in [-0.3, -0.25) is 14.6 Å². The topological polar surface area (TPSA) is 120 Å². The number of nitrogens with one attached hydrogen (secondary N) is 2. The second-order valence-electron chi connectivity index (χ2n) is 10.3. The standard InChI is InChI=1S/C26H27F3N8O2/c1-15-11-36(14-32-15)20-7-17(6-18(8-20)26(27,28)29)23(38)33-19-9-22(16(2)30-10-19)37-12-21(34-35-37)24(39)31-13-25(3,4)5/h6-12,14H,13H2,1-5H3,(H,31,39)(H,33,38). The normalized spacial score (nSPS) is 11.9. The molecule has 10 nitrogen and oxygen atoms in total. The summed E-state index contributed by atoms with van der Waals surface area (Å²) in [5.41, 5.74) is 0.720. The number of halogens is 3. The van der Waals surface area contributed by atoms with Crippen molar-refractivity contribution in [3.8, 4) is 11.4 Å². The molecule has 1 aromatic carbocycles. The summed E-state index contributed by atoms with van der Waals surface area (Å²) >= 11 is 0. The number of carbonyl (C=O) groups excluding carboxylic acids is 2. The highest BCUT2D eigenvalue weighted by atomic mass is 19.4. The third-order valence-corrected chi connectivity index (χ3v) is 5.59. The van der Waals surface area contributed by atoms with Crippen LogP contribution in [0.15, 0.2) is 49.2 Å². The molecule has 4 aromatic rings. The monoisotopic (exact) mass is 540 g/mol. The molecule has 0 aliphatic carbocycles. The highest BCUT2D eigenvalue weighted by molar-refractivity contribution is 6.04. The molecule has 3 heterocycles. The molecule has 2 amide bonds. The van der Waals surface area contributed by atoms with Crippen molar-refractivity contribution in [1.29, 1.82) is 0 Å². The van der Waals surface area contributed by atoms with Gasteiger partial charge in [-0.1, -0.05) is 26.0 Å². The number of rotatable bonds is 6. The van der Waals surface area contributed by atoms with E-state index in [2.05, 4.69) is 30.9 Å². The largest absolute Gasteiger partial charge is 0.416 e. The van der Waals surface area contributed by atoms with Crippen LogP contribution < -0.4 is 10.6 Å². The molecule has 0 radical (unpaired) electrons. The Morgan fingerprint density at radius 3 is 2.36 bits per heavy atom. The van der Waals surface area contributed by atoms with Crippen LogP contribution in [-0.4, -0.2) is 47.9 Å². The molecule has 3 aromatic heterocycles. The number of pyridine rings is 1. The van der Waals surface area contributed by atoms with Crippen LogP contribution >= 0.6 is 0 Å². The Morgan fingerprint density at radius 1 is 0.974 bits per heavy atom. The first-order chi connectivity index (χ1) is 18.2. The maximum Gasteiger partial charge on any atom is 0.416 e. The van der Waals surface area contributed by atoms with E-state index in [9.17, 15) is 22.8 Å². The van der Waals surface area contributed by atoms with Gasteiger partial charge >= 0.3 is 6.18 Å². The van der Waals surface area contributed by atoms with Gasteiger partial charge < -0.3 is 15.2 Å². The van der Waals surface area contributed by atoms with Crippen molar-refractivity contribution < 1.29 is 22.8 Å². The van der Waals surface area contributed by atoms with E-state index in [1.165, 1.54) is 34.0 Å². The maximum atomic E-state index is 13.6. The molecule has 0 bridgehead atoms. The predicted molar refractivity (Wildman–Crippen MR) is 137 cm³/mol. The number of aryl methyl sites for hydroxylation is 2. The summed E-state index contributed by atoms with van der Waals surface area (Å²) in [6.07, 6.45) is 1.07. The molecule has 0 spiro atoms. The molecule has 0 atom stereocenters. The zero-order valence-corrected chi connectivity index (χ0v) is 22.0. The van der Waals surface area contributed by atoms with Gasteiger partial charge in [-0.15, -0.1) is 5.10 Å². The van der Waals surface area contributed by atoms with E-state index < -0.39 is 17.6 Å². The Labute approximate surface area is 222 Å². The molecule has 0 saturated carbocycles. The van der Waals surface area contributed by atoms with Crippen molar-refractivity contribution >= 4 is 17.5 Å². The van der Waals surface area contributed by atoms with E-state index in [1.807, 2.05) is 20.8 Å². The fourth-order valence-corrected chi connectivity index (χ4v) is 3.56. The number of alkyl halides is 3. The third kappa shape index (κ3) is 6.67. The minimum absolute atomic E-state index is 0.0966. The molecule has 39 heavy (non-hydrogen) atoms. The van der Waals surface area contributed by atoms with Gasteiger partial charge in [0.15, 0.2) is 5.69 Å². The van der Waals surface area contributed by atoms with E-state index in [0.717, 1.165) is 12.1 Å². The smallest absolute Gasteiger partial charge is 0.350 e. The Hall–Kier alpha value is -4.55. The van der Waals surface area contributed by atoms with Crippen LogP contribution in [0.4, 0.5) is 18.9 Å². The summed E-state index contributed by atoms with van der Waals surface area (Å²) in [5, 5.41) is 13.3. The molecule has 4 rings (SSSR count). The molecular weight excluding hydrogens is 513 g/mol. The second kappa shape index (κ2) is 10.3. The number of imidazole rings is 1. The number of amides is 2. The summed E-state index contributed by atoms with van der Waals surface area (Å²) in [6, 6.07) is 4.61. The molecule has 204 valence electrons. The molecular formula is C26H27F3N8O2. The zero-order valence-electron chi connectivity index (χ0n) is 22.0. The van der Waals surface area contributed by atoms with Crippen molar-refractivity contribution in [2.24, 2.45) is 5.41 Å². The van der Waals surface area contributed by atoms with E-state index >= 15 is 0 Å². The fourth-order valence-electron chi connectivity index (χ4n) is 3.56. The first-order valence-electron chi connectivity index (χ1n) is 11.9. The highest BCUT2D eigenvalue weighted by Gasteiger charge is 2.32. The average Bonchev–Trinajstić information content (AvgIpc) is 3.52. The number of nitrogens with zero attached hydrogens (tertiary/aromatic N) is 6. The number of benzene rings is 1. The summed E-state index contributed by atoms with van der Waals surface area (Å²) in [4.78, 5) is 33.8. The Morgan fingerprint density at radius 2 is 1.72 bits per heavy atom. The van der Waals surface area contributed by atoms with Gasteiger partial charge in [0.1, 0.15) is 0 Å². The molecule has 0 unspecified atom stereocenters. The molecule has 0 aliphatic heterocycles. The van der Waals surface area contributed by atoms with E-state index in [-0.39, 0.29) is 34.0 Å². The first kappa shape index (κ1) is 27.5. The number of carbonyl (C=O) groups is 2. The lowest BCUT2D eigenvalue weighted by atomic mass is 9.97. The van der Waals surface area contributed by atoms with Gasteiger partial charge in [-0.05, 0) is 43.5 Å². The fraction of sp³-hybridized carbons (Fsp3) is 0.308. The number of hydrogen-bond acceptors (Lipinski definition) is 6. The minimum Gasteiger partial charge on any atom is -0.350 e. The lowest BCUT2D eigenvalue weighted by Gasteiger charge is -2.17. The third-order valence-electron chi connectivity index (χ3n) is 5.59. The predicted octanol–water partition coefficient (Wildman–Crippen LogP) is 4.51. The molecule has 2 N–H and O–H groups in total. The molecule has 13 heteroatoms. The summed E-state index contributed by atoms with van der Waals surface area (Å²) < 4.78 is 43.5. The van der Waals surface area contributed by atoms with Gasteiger partial charge in [-0.25, -0.2) is 9.67 Å². The highest BCUT2D eigenvalue weighted by Crippen LogP contribution is 2.32. The second-order valence-corrected chi connectivity index (χ2v) is 10.3. The number of anilines is 1. The average molecular weight is 541 g/mol. The van der Waals surface area contributed by atoms with Crippen molar-refractivity contribution in [1.82, 2.24) is 34.8 Å². The van der Waals surface area contributed by atoms with Crippen LogP contribution in [0.1, 0.15) is 58.6 Å². The lowest BCUT2D eigenvalue weighted by Crippen LogP contribution is -2.32. The summed E-state index contributed by atoms with van der Waals surface area (Å²) in [6.45, 7) is 9.80. The van der Waals surface area contributed by atoms with E-state index in [4.69, 9.17) is 0 Å². The van der Waals surface area contributed by atoms with Crippen LogP contribution in [0.25, 0.3) is 11.4 Å². The number of hydrogen-bond donors (Lipinski definition) is 2. The maximum absolute atomic E-state index is 13.6. The SMILES string of the molecule is Cc1cn(-c2cc(C(=O)Nc3cnc(C)c(-n4cc(C(=O)NCC(C)(C)C)nn4)c3)cc(C(F)(F)F)c2)cn1.